The molecule has 0 bridgehead atoms. The molecular formula is C12H22BNO3. The van der Waals surface area contributed by atoms with Gasteiger partial charge in [0.15, 0.2) is 0 Å². The van der Waals surface area contributed by atoms with Gasteiger partial charge in [-0.25, -0.2) is 4.79 Å². The molecule has 4 nitrogen and oxygen atoms in total. The van der Waals surface area contributed by atoms with E-state index in [0.29, 0.717) is 5.47 Å². The Hall–Kier alpha value is -1.26. The highest BCUT2D eigenvalue weighted by molar-refractivity contribution is 6.32. The average molecular weight is 239 g/mol. The minimum Gasteiger partial charge on any atom is -0.444 e. The predicted octanol–water partition coefficient (Wildman–Crippen LogP) is 1.25. The van der Waals surface area contributed by atoms with E-state index >= 15 is 0 Å². The lowest BCUT2D eigenvalue weighted by Gasteiger charge is -2.24. The fourth-order valence-corrected chi connectivity index (χ4v) is 1.17. The number of nitrogens with one attached hydrogen (secondary N) is 1. The minimum atomic E-state index is -0.519. The molecule has 0 fully saturated rings. The van der Waals surface area contributed by atoms with Crippen molar-refractivity contribution in [1.29, 1.82) is 0 Å². The summed E-state index contributed by atoms with van der Waals surface area (Å²) < 4.78 is 5.17. The lowest BCUT2D eigenvalue weighted by atomic mass is 9.92. The maximum absolute atomic E-state index is 11.6. The molecule has 96 valence electrons. The van der Waals surface area contributed by atoms with E-state index in [9.17, 15) is 9.59 Å². The summed E-state index contributed by atoms with van der Waals surface area (Å²) in [4.78, 5) is 22.2. The third-order valence-corrected chi connectivity index (χ3v) is 2.03. The summed E-state index contributed by atoms with van der Waals surface area (Å²) in [7, 11) is 1.71. The van der Waals surface area contributed by atoms with Gasteiger partial charge in [0.1, 0.15) is 19.7 Å². The third-order valence-electron chi connectivity index (χ3n) is 2.03. The van der Waals surface area contributed by atoms with Crippen LogP contribution in [0.5, 0.6) is 0 Å². The van der Waals surface area contributed by atoms with E-state index in [1.54, 1.807) is 13.9 Å². The van der Waals surface area contributed by atoms with Crippen LogP contribution in [0.2, 0.25) is 0 Å². The molecule has 0 saturated heterocycles. The number of allylic oxidation sites excluding steroid dienone is 1. The van der Waals surface area contributed by atoms with Crippen LogP contribution in [-0.4, -0.2) is 31.9 Å². The summed E-state index contributed by atoms with van der Waals surface area (Å²) in [6.45, 7) is 9.36. The van der Waals surface area contributed by atoms with Gasteiger partial charge in [0, 0.05) is 0 Å². The van der Waals surface area contributed by atoms with E-state index < -0.39 is 11.7 Å². The summed E-state index contributed by atoms with van der Waals surface area (Å²) in [6, 6.07) is -0.199. The van der Waals surface area contributed by atoms with Crippen LogP contribution in [0.1, 0.15) is 34.6 Å². The van der Waals surface area contributed by atoms with Crippen molar-refractivity contribution in [2.75, 3.05) is 0 Å². The lowest BCUT2D eigenvalue weighted by molar-refractivity contribution is -0.104. The largest absolute Gasteiger partial charge is 0.444 e. The number of hydrogen-bond acceptors (Lipinski definition) is 3. The first kappa shape index (κ1) is 15.7. The molecule has 0 saturated carbocycles. The van der Waals surface area contributed by atoms with Crippen LogP contribution < -0.4 is 5.32 Å². The highest BCUT2D eigenvalue weighted by Gasteiger charge is 2.20. The minimum absolute atomic E-state index is 0.192. The molecule has 0 aromatic heterocycles. The number of amides is 1. The van der Waals surface area contributed by atoms with Crippen molar-refractivity contribution in [1.82, 2.24) is 5.32 Å². The van der Waals surface area contributed by atoms with Gasteiger partial charge >= 0.3 is 6.09 Å². The number of hydrogen-bond donors (Lipinski definition) is 1. The van der Waals surface area contributed by atoms with Crippen LogP contribution in [0.15, 0.2) is 11.5 Å². The number of aldehydes is 1. The van der Waals surface area contributed by atoms with Gasteiger partial charge < -0.3 is 10.1 Å². The van der Waals surface area contributed by atoms with E-state index in [0.717, 1.165) is 6.29 Å². The Labute approximate surface area is 104 Å². The van der Waals surface area contributed by atoms with Gasteiger partial charge in [-0.15, -0.1) is 0 Å². The van der Waals surface area contributed by atoms with Crippen molar-refractivity contribution < 1.29 is 14.3 Å². The highest BCUT2D eigenvalue weighted by Crippen LogP contribution is 2.09. The van der Waals surface area contributed by atoms with Gasteiger partial charge in [0.2, 0.25) is 0 Å². The Balaban J connectivity index is 4.57. The molecule has 0 aromatic carbocycles. The SMILES string of the molecule is B/C(C=O)=C/C(NC(=O)OC(C)(C)C)C(C)C. The number of carbonyl (C=O) groups excluding carboxylic acids is 2. The number of rotatable bonds is 4. The third kappa shape index (κ3) is 7.61. The zero-order chi connectivity index (χ0) is 13.6. The van der Waals surface area contributed by atoms with Crippen molar-refractivity contribution in [3.8, 4) is 0 Å². The zero-order valence-electron chi connectivity index (χ0n) is 11.5. The van der Waals surface area contributed by atoms with Gasteiger partial charge in [-0.2, -0.15) is 0 Å². The molecule has 5 heteroatoms. The van der Waals surface area contributed by atoms with Crippen LogP contribution in [0.25, 0.3) is 0 Å². The van der Waals surface area contributed by atoms with Crippen LogP contribution >= 0.6 is 0 Å². The second-order valence-electron chi connectivity index (χ2n) is 5.44. The van der Waals surface area contributed by atoms with Crippen LogP contribution in [0.4, 0.5) is 4.79 Å². The molecular weight excluding hydrogens is 217 g/mol. The maximum Gasteiger partial charge on any atom is 0.408 e. The molecule has 1 amide bonds. The smallest absolute Gasteiger partial charge is 0.408 e. The number of carbonyl (C=O) groups is 2. The Morgan fingerprint density at radius 3 is 2.24 bits per heavy atom. The van der Waals surface area contributed by atoms with E-state index in [1.807, 2.05) is 34.6 Å². The van der Waals surface area contributed by atoms with Crippen molar-refractivity contribution >= 4 is 20.2 Å². The molecule has 0 aliphatic heterocycles. The fourth-order valence-electron chi connectivity index (χ4n) is 1.17. The molecule has 0 spiro atoms. The molecule has 1 unspecified atom stereocenters. The summed E-state index contributed by atoms with van der Waals surface area (Å²) >= 11 is 0. The van der Waals surface area contributed by atoms with Crippen molar-refractivity contribution in [2.24, 2.45) is 5.92 Å². The summed E-state index contributed by atoms with van der Waals surface area (Å²) in [5, 5.41) is 2.74. The molecule has 1 N–H and O–H groups in total. The topological polar surface area (TPSA) is 55.4 Å². The summed E-state index contributed by atoms with van der Waals surface area (Å²) in [5.74, 6) is 0.192. The van der Waals surface area contributed by atoms with Crippen molar-refractivity contribution in [2.45, 2.75) is 46.3 Å². The Kier molecular flexibility index (Phi) is 6.00. The standard InChI is InChI=1S/C12H22BNO3/c1-8(2)10(6-9(13)7-15)14-11(16)17-12(3,4)5/h6-8,10H,13H2,1-5H3,(H,14,16)/b9-6+. The molecule has 0 radical (unpaired) electrons. The Morgan fingerprint density at radius 1 is 1.35 bits per heavy atom. The maximum atomic E-state index is 11.6. The van der Waals surface area contributed by atoms with Gasteiger partial charge in [0.25, 0.3) is 0 Å². The molecule has 0 aromatic rings. The quantitative estimate of drug-likeness (QED) is 0.456. The lowest BCUT2D eigenvalue weighted by Crippen LogP contribution is -2.41. The second kappa shape index (κ2) is 6.47. The van der Waals surface area contributed by atoms with Crippen molar-refractivity contribution in [3.05, 3.63) is 11.5 Å². The normalized spacial score (nSPS) is 14.4. The van der Waals surface area contributed by atoms with E-state index in [2.05, 4.69) is 5.32 Å². The second-order valence-corrected chi connectivity index (χ2v) is 5.44. The van der Waals surface area contributed by atoms with Crippen molar-refractivity contribution in [3.63, 3.8) is 0 Å². The van der Waals surface area contributed by atoms with E-state index in [4.69, 9.17) is 4.74 Å². The Bertz CT molecular complexity index is 305. The van der Waals surface area contributed by atoms with E-state index in [-0.39, 0.29) is 12.0 Å². The van der Waals surface area contributed by atoms with Gasteiger partial charge in [-0.05, 0) is 26.7 Å². The molecule has 0 heterocycles. The van der Waals surface area contributed by atoms with Crippen LogP contribution in [-0.2, 0) is 9.53 Å². The monoisotopic (exact) mass is 239 g/mol. The molecule has 0 rings (SSSR count). The predicted molar refractivity (Wildman–Crippen MR) is 70.7 cm³/mol. The first-order chi connectivity index (χ1) is 7.65. The van der Waals surface area contributed by atoms with E-state index in [1.165, 1.54) is 0 Å². The van der Waals surface area contributed by atoms with Crippen LogP contribution in [0, 0.1) is 5.92 Å². The molecule has 0 aliphatic carbocycles. The average Bonchev–Trinajstić information content (AvgIpc) is 2.13. The zero-order valence-corrected chi connectivity index (χ0v) is 11.5. The number of ether oxygens (including phenoxy) is 1. The Morgan fingerprint density at radius 2 is 1.88 bits per heavy atom. The fraction of sp³-hybridized carbons (Fsp3) is 0.667. The molecule has 17 heavy (non-hydrogen) atoms. The summed E-state index contributed by atoms with van der Waals surface area (Å²) in [5.41, 5.74) is 0.0782. The van der Waals surface area contributed by atoms with Gasteiger partial charge in [-0.1, -0.05) is 25.4 Å². The highest BCUT2D eigenvalue weighted by atomic mass is 16.6. The molecule has 1 atom stereocenters. The first-order valence-electron chi connectivity index (χ1n) is 5.79. The first-order valence-corrected chi connectivity index (χ1v) is 5.79. The summed E-state index contributed by atoms with van der Waals surface area (Å²) in [6.07, 6.45) is 2.04. The number of alkyl carbamates (subject to hydrolysis) is 1. The molecule has 0 aliphatic rings. The van der Waals surface area contributed by atoms with Gasteiger partial charge in [-0.3, -0.25) is 4.79 Å². The van der Waals surface area contributed by atoms with Gasteiger partial charge in [0.05, 0.1) is 6.04 Å². The van der Waals surface area contributed by atoms with Crippen LogP contribution in [0.3, 0.4) is 0 Å².